The van der Waals surface area contributed by atoms with E-state index in [1.165, 1.54) is 0 Å². The summed E-state index contributed by atoms with van der Waals surface area (Å²) in [6.45, 7) is 4.29. The first-order valence-corrected chi connectivity index (χ1v) is 11.0. The molecule has 3 saturated carbocycles. The molecule has 2 N–H and O–H groups in total. The predicted molar refractivity (Wildman–Crippen MR) is 94.5 cm³/mol. The quantitative estimate of drug-likeness (QED) is 0.561. The zero-order valence-corrected chi connectivity index (χ0v) is 16.2. The molecule has 4 aliphatic rings. The first-order valence-electron chi connectivity index (χ1n) is 9.63. The number of carbonyl (C=O) groups excluding carboxylic acids is 1. The molecule has 7 atom stereocenters. The molecule has 0 aliphatic heterocycles. The Balaban J connectivity index is 1.65. The first-order chi connectivity index (χ1) is 12.0. The highest BCUT2D eigenvalue weighted by molar-refractivity contribution is 7.80. The molecule has 0 unspecified atom stereocenters. The fourth-order valence-electron chi connectivity index (χ4n) is 6.64. The maximum absolute atomic E-state index is 12.5. The van der Waals surface area contributed by atoms with Gasteiger partial charge in [-0.25, -0.2) is 4.18 Å². The molecule has 7 heteroatoms. The average molecular weight is 384 g/mol. The standard InChI is InChI=1S/C19H28O6S/c1-18-7-5-12(25-26(22,23)24)9-11(18)10-15(20)17-13-3-4-16(21)19(13,2)8-6-14(17)18/h10,12-15,17,20H,3-9H2,1-2H3,(H,22,23,24)/t12-,13-,14-,15-,17-,18-,19-/m0/s1. The van der Waals surface area contributed by atoms with E-state index >= 15 is 0 Å². The lowest BCUT2D eigenvalue weighted by Gasteiger charge is -2.58. The fraction of sp³-hybridized carbons (Fsp3) is 0.842. The van der Waals surface area contributed by atoms with Gasteiger partial charge in [0.25, 0.3) is 0 Å². The monoisotopic (exact) mass is 384 g/mol. The van der Waals surface area contributed by atoms with Gasteiger partial charge in [-0.3, -0.25) is 9.35 Å². The molecular weight excluding hydrogens is 356 g/mol. The number of fused-ring (bicyclic) bond motifs is 5. The second-order valence-electron chi connectivity index (χ2n) is 9.20. The van der Waals surface area contributed by atoms with Gasteiger partial charge in [0.1, 0.15) is 5.78 Å². The van der Waals surface area contributed by atoms with Crippen molar-refractivity contribution in [1.29, 1.82) is 0 Å². The smallest absolute Gasteiger partial charge is 0.389 e. The Kier molecular flexibility index (Phi) is 4.20. The molecule has 146 valence electrons. The van der Waals surface area contributed by atoms with Crippen LogP contribution in [0.25, 0.3) is 0 Å². The molecule has 0 radical (unpaired) electrons. The summed E-state index contributed by atoms with van der Waals surface area (Å²) in [6.07, 6.45) is 5.72. The fourth-order valence-corrected chi connectivity index (χ4v) is 7.15. The summed E-state index contributed by atoms with van der Waals surface area (Å²) in [5, 5.41) is 10.9. The van der Waals surface area contributed by atoms with Crippen LogP contribution < -0.4 is 0 Å². The minimum Gasteiger partial charge on any atom is -0.389 e. The van der Waals surface area contributed by atoms with Crippen molar-refractivity contribution in [1.82, 2.24) is 0 Å². The van der Waals surface area contributed by atoms with Gasteiger partial charge in [0.15, 0.2) is 0 Å². The van der Waals surface area contributed by atoms with Crippen molar-refractivity contribution in [2.75, 3.05) is 0 Å². The van der Waals surface area contributed by atoms with Crippen LogP contribution in [0.15, 0.2) is 11.6 Å². The maximum atomic E-state index is 12.5. The van der Waals surface area contributed by atoms with E-state index in [2.05, 4.69) is 13.8 Å². The van der Waals surface area contributed by atoms with Crippen molar-refractivity contribution in [3.05, 3.63) is 11.6 Å². The van der Waals surface area contributed by atoms with Gasteiger partial charge in [0.2, 0.25) is 0 Å². The molecule has 4 rings (SSSR count). The van der Waals surface area contributed by atoms with Crippen LogP contribution in [-0.4, -0.2) is 36.1 Å². The average Bonchev–Trinajstić information content (AvgIpc) is 2.83. The number of Topliss-reactive ketones (excluding diaryl/α,β-unsaturated/α-hetero) is 1. The van der Waals surface area contributed by atoms with Gasteiger partial charge in [-0.1, -0.05) is 25.5 Å². The molecule has 6 nitrogen and oxygen atoms in total. The topological polar surface area (TPSA) is 101 Å². The van der Waals surface area contributed by atoms with Gasteiger partial charge in [0.05, 0.1) is 12.2 Å². The van der Waals surface area contributed by atoms with Crippen molar-refractivity contribution >= 4 is 16.2 Å². The van der Waals surface area contributed by atoms with Crippen LogP contribution in [0.3, 0.4) is 0 Å². The summed E-state index contributed by atoms with van der Waals surface area (Å²) in [4.78, 5) is 12.5. The predicted octanol–water partition coefficient (Wildman–Crippen LogP) is 2.68. The summed E-state index contributed by atoms with van der Waals surface area (Å²) in [5.74, 6) is 0.963. The van der Waals surface area contributed by atoms with E-state index < -0.39 is 22.6 Å². The van der Waals surface area contributed by atoms with Gasteiger partial charge >= 0.3 is 10.4 Å². The molecule has 3 fully saturated rings. The Morgan fingerprint density at radius 3 is 2.46 bits per heavy atom. The van der Waals surface area contributed by atoms with Crippen molar-refractivity contribution in [3.8, 4) is 0 Å². The highest BCUT2D eigenvalue weighted by Crippen LogP contribution is 2.64. The minimum absolute atomic E-state index is 0.0907. The van der Waals surface area contributed by atoms with E-state index in [0.29, 0.717) is 31.0 Å². The molecule has 4 aliphatic carbocycles. The number of aliphatic hydroxyl groups is 1. The molecule has 0 amide bonds. The third-order valence-electron chi connectivity index (χ3n) is 8.05. The second kappa shape index (κ2) is 5.87. The number of ketones is 1. The van der Waals surface area contributed by atoms with Crippen LogP contribution in [-0.2, 0) is 19.4 Å². The molecule has 0 aromatic heterocycles. The van der Waals surface area contributed by atoms with Crippen LogP contribution in [0.2, 0.25) is 0 Å². The summed E-state index contributed by atoms with van der Waals surface area (Å²) in [6, 6.07) is 0. The second-order valence-corrected chi connectivity index (χ2v) is 10.2. The lowest BCUT2D eigenvalue weighted by Crippen LogP contribution is -2.54. The van der Waals surface area contributed by atoms with E-state index in [9.17, 15) is 18.3 Å². The molecule has 0 heterocycles. The lowest BCUT2D eigenvalue weighted by atomic mass is 9.47. The van der Waals surface area contributed by atoms with Gasteiger partial charge in [-0.2, -0.15) is 8.42 Å². The van der Waals surface area contributed by atoms with Crippen molar-refractivity contribution in [2.45, 2.75) is 71.0 Å². The first kappa shape index (κ1) is 18.6. The number of aliphatic hydroxyl groups excluding tert-OH is 1. The largest absolute Gasteiger partial charge is 0.397 e. The lowest BCUT2D eigenvalue weighted by molar-refractivity contribution is -0.135. The molecule has 0 spiro atoms. The maximum Gasteiger partial charge on any atom is 0.397 e. The highest BCUT2D eigenvalue weighted by Gasteiger charge is 2.60. The Bertz CT molecular complexity index is 758. The Hall–Kier alpha value is -0.760. The molecule has 26 heavy (non-hydrogen) atoms. The van der Waals surface area contributed by atoms with Crippen LogP contribution in [0, 0.1) is 28.6 Å². The number of hydrogen-bond acceptors (Lipinski definition) is 5. The van der Waals surface area contributed by atoms with Crippen LogP contribution >= 0.6 is 0 Å². The minimum atomic E-state index is -4.47. The molecule has 0 bridgehead atoms. The SMILES string of the molecule is C[C@]12CC[C@H](OS(=O)(=O)O)CC1=C[C@H](O)[C@@H]1[C@@H]2CC[C@]2(C)C(=O)CC[C@@H]12. The normalized spacial score (nSPS) is 48.4. The van der Waals surface area contributed by atoms with E-state index in [4.69, 9.17) is 8.74 Å². The highest BCUT2D eigenvalue weighted by atomic mass is 32.3. The molecular formula is C19H28O6S. The Morgan fingerprint density at radius 1 is 1.12 bits per heavy atom. The number of carbonyl (C=O) groups is 1. The van der Waals surface area contributed by atoms with E-state index in [1.54, 1.807) is 0 Å². The van der Waals surface area contributed by atoms with Crippen molar-refractivity contribution in [3.63, 3.8) is 0 Å². The van der Waals surface area contributed by atoms with E-state index in [1.807, 2.05) is 6.08 Å². The van der Waals surface area contributed by atoms with Crippen LogP contribution in [0.4, 0.5) is 0 Å². The summed E-state index contributed by atoms with van der Waals surface area (Å²) < 4.78 is 35.9. The third kappa shape index (κ3) is 2.70. The van der Waals surface area contributed by atoms with Gasteiger partial charge in [-0.15, -0.1) is 0 Å². The molecule has 0 aromatic rings. The van der Waals surface area contributed by atoms with Gasteiger partial charge in [0, 0.05) is 11.8 Å². The Labute approximate surface area is 155 Å². The zero-order valence-electron chi connectivity index (χ0n) is 15.3. The third-order valence-corrected chi connectivity index (χ3v) is 8.57. The molecule has 0 saturated heterocycles. The molecule has 0 aromatic carbocycles. The summed E-state index contributed by atoms with van der Waals surface area (Å²) in [7, 11) is -4.47. The summed E-state index contributed by atoms with van der Waals surface area (Å²) in [5.41, 5.74) is 0.643. The van der Waals surface area contributed by atoms with E-state index in [0.717, 1.165) is 31.3 Å². The van der Waals surface area contributed by atoms with Crippen molar-refractivity contribution in [2.24, 2.45) is 28.6 Å². The van der Waals surface area contributed by atoms with Gasteiger partial charge in [-0.05, 0) is 61.7 Å². The zero-order chi connectivity index (χ0) is 18.9. The number of rotatable bonds is 2. The Morgan fingerprint density at radius 2 is 1.77 bits per heavy atom. The number of hydrogen-bond donors (Lipinski definition) is 2. The summed E-state index contributed by atoms with van der Waals surface area (Å²) >= 11 is 0. The van der Waals surface area contributed by atoms with Crippen molar-refractivity contribution < 1.29 is 27.1 Å². The van der Waals surface area contributed by atoms with Gasteiger partial charge < -0.3 is 5.11 Å². The van der Waals surface area contributed by atoms with Crippen LogP contribution in [0.1, 0.15) is 58.8 Å². The van der Waals surface area contributed by atoms with Crippen LogP contribution in [0.5, 0.6) is 0 Å². The van der Waals surface area contributed by atoms with E-state index in [-0.39, 0.29) is 22.7 Å².